The molecule has 8 aliphatic carbocycles. The van der Waals surface area contributed by atoms with Crippen LogP contribution in [0, 0.1) is 35.5 Å². The summed E-state index contributed by atoms with van der Waals surface area (Å²) < 4.78 is 0. The zero-order valence-corrected chi connectivity index (χ0v) is 13.7. The summed E-state index contributed by atoms with van der Waals surface area (Å²) in [5.41, 5.74) is 0. The van der Waals surface area contributed by atoms with Gasteiger partial charge in [-0.25, -0.2) is 0 Å². The molecule has 0 aromatic carbocycles. The Morgan fingerprint density at radius 3 is 0.905 bits per heavy atom. The minimum atomic E-state index is 0.848. The van der Waals surface area contributed by atoms with E-state index in [4.69, 9.17) is 0 Å². The monoisotopic (exact) mass is 282 g/mol. The molecular formula is C20H31B. The molecule has 8 bridgehead atoms. The largest absolute Gasteiger partial charge is 0.135 e. The summed E-state index contributed by atoms with van der Waals surface area (Å²) >= 11 is 0. The Morgan fingerprint density at radius 1 is 0.429 bits per heavy atom. The lowest BCUT2D eigenvalue weighted by Crippen LogP contribution is -2.51. The van der Waals surface area contributed by atoms with Gasteiger partial charge in [0.05, 0.1) is 0 Å². The molecule has 8 rings (SSSR count). The van der Waals surface area contributed by atoms with Gasteiger partial charge in [-0.3, -0.25) is 0 Å². The van der Waals surface area contributed by atoms with Crippen molar-refractivity contribution in [3.63, 3.8) is 0 Å². The molecule has 0 atom stereocenters. The first-order valence-corrected chi connectivity index (χ1v) is 10.2. The van der Waals surface area contributed by atoms with Crippen LogP contribution in [0.2, 0.25) is 10.6 Å². The van der Waals surface area contributed by atoms with Gasteiger partial charge in [0.15, 0.2) is 0 Å². The van der Waals surface area contributed by atoms with Gasteiger partial charge in [-0.1, -0.05) is 49.2 Å². The molecular weight excluding hydrogens is 251 g/mol. The minimum Gasteiger partial charge on any atom is -0.0530 e. The predicted octanol–water partition coefficient (Wildman–Crippen LogP) is 5.20. The quantitative estimate of drug-likeness (QED) is 0.611. The second-order valence-corrected chi connectivity index (χ2v) is 11.0. The fourth-order valence-electron chi connectivity index (χ4n) is 9.81. The molecule has 0 aliphatic heterocycles. The molecule has 0 spiro atoms. The zero-order valence-electron chi connectivity index (χ0n) is 13.7. The summed E-state index contributed by atoms with van der Waals surface area (Å²) in [7, 11) is 1.69. The van der Waals surface area contributed by atoms with Crippen molar-refractivity contribution < 1.29 is 0 Å². The Hall–Kier alpha value is 0.0649. The van der Waals surface area contributed by atoms with Gasteiger partial charge in [-0.15, -0.1) is 0 Å². The van der Waals surface area contributed by atoms with E-state index in [1.807, 2.05) is 0 Å². The maximum atomic E-state index is 1.69. The fraction of sp³-hybridized carbons (Fsp3) is 1.00. The van der Waals surface area contributed by atoms with Crippen molar-refractivity contribution in [3.05, 3.63) is 0 Å². The highest BCUT2D eigenvalue weighted by Crippen LogP contribution is 2.70. The molecule has 0 amide bonds. The van der Waals surface area contributed by atoms with Crippen LogP contribution in [0.1, 0.15) is 77.0 Å². The van der Waals surface area contributed by atoms with E-state index in [0.717, 1.165) is 46.1 Å². The van der Waals surface area contributed by atoms with Gasteiger partial charge in [0.25, 0.3) is 0 Å². The first-order valence-electron chi connectivity index (χ1n) is 10.2. The molecule has 0 aromatic heterocycles. The zero-order chi connectivity index (χ0) is 13.7. The lowest BCUT2D eigenvalue weighted by Gasteiger charge is -2.63. The van der Waals surface area contributed by atoms with Gasteiger partial charge in [0.1, 0.15) is 7.28 Å². The lowest BCUT2D eigenvalue weighted by molar-refractivity contribution is 0.00838. The van der Waals surface area contributed by atoms with Crippen LogP contribution in [0.5, 0.6) is 0 Å². The third-order valence-corrected chi connectivity index (χ3v) is 9.08. The van der Waals surface area contributed by atoms with Crippen LogP contribution in [-0.2, 0) is 0 Å². The normalized spacial score (nSPS) is 63.2. The Morgan fingerprint density at radius 2 is 0.667 bits per heavy atom. The van der Waals surface area contributed by atoms with E-state index >= 15 is 0 Å². The van der Waals surface area contributed by atoms with Crippen LogP contribution in [0.25, 0.3) is 0 Å². The average Bonchev–Trinajstić information content (AvgIpc) is 2.33. The first kappa shape index (κ1) is 12.5. The molecule has 0 N–H and O–H groups in total. The van der Waals surface area contributed by atoms with Crippen molar-refractivity contribution >= 4 is 7.28 Å². The van der Waals surface area contributed by atoms with Crippen LogP contribution in [0.3, 0.4) is 0 Å². The van der Waals surface area contributed by atoms with Crippen molar-refractivity contribution in [1.82, 2.24) is 0 Å². The van der Waals surface area contributed by atoms with Gasteiger partial charge in [0, 0.05) is 0 Å². The van der Waals surface area contributed by atoms with E-state index in [9.17, 15) is 0 Å². The van der Waals surface area contributed by atoms with Gasteiger partial charge in [-0.05, 0) is 74.0 Å². The highest BCUT2D eigenvalue weighted by molar-refractivity contribution is 6.44. The van der Waals surface area contributed by atoms with E-state index in [1.165, 1.54) is 0 Å². The molecule has 0 radical (unpaired) electrons. The van der Waals surface area contributed by atoms with Gasteiger partial charge >= 0.3 is 0 Å². The molecule has 0 aromatic rings. The molecule has 21 heavy (non-hydrogen) atoms. The summed E-state index contributed by atoms with van der Waals surface area (Å²) in [4.78, 5) is 0. The highest BCUT2D eigenvalue weighted by Gasteiger charge is 2.58. The molecule has 8 aliphatic rings. The van der Waals surface area contributed by atoms with Gasteiger partial charge < -0.3 is 0 Å². The van der Waals surface area contributed by atoms with Gasteiger partial charge in [0.2, 0.25) is 0 Å². The third-order valence-electron chi connectivity index (χ3n) is 9.08. The summed E-state index contributed by atoms with van der Waals surface area (Å²) in [6.45, 7) is 0. The molecule has 0 nitrogen and oxygen atoms in total. The van der Waals surface area contributed by atoms with Crippen LogP contribution < -0.4 is 0 Å². The highest BCUT2D eigenvalue weighted by atomic mass is 14.6. The topological polar surface area (TPSA) is 0 Å². The molecule has 8 saturated carbocycles. The minimum absolute atomic E-state index is 0.848. The second-order valence-electron chi connectivity index (χ2n) is 11.0. The Balaban J connectivity index is 1.31. The Kier molecular flexibility index (Phi) is 2.34. The van der Waals surface area contributed by atoms with Crippen LogP contribution in [0.15, 0.2) is 0 Å². The van der Waals surface area contributed by atoms with E-state index in [1.54, 1.807) is 84.3 Å². The molecule has 114 valence electrons. The van der Waals surface area contributed by atoms with Crippen molar-refractivity contribution in [2.45, 2.75) is 87.7 Å². The lowest BCUT2D eigenvalue weighted by atomic mass is 9.25. The molecule has 1 heteroatoms. The molecule has 0 unspecified atom stereocenters. The van der Waals surface area contributed by atoms with Gasteiger partial charge in [-0.2, -0.15) is 0 Å². The number of hydrogen-bond donors (Lipinski definition) is 0. The number of rotatable bonds is 2. The van der Waals surface area contributed by atoms with Crippen LogP contribution in [-0.4, -0.2) is 7.28 Å². The van der Waals surface area contributed by atoms with Crippen LogP contribution >= 0.6 is 0 Å². The standard InChI is InChI=1S/C20H31B/c1-13-2-15-3-14(1)8-19(7-13,9-15)21-20-10-16-4-17(11-20)6-18(5-16)12-20/h13-18,21H,1-12H2. The predicted molar refractivity (Wildman–Crippen MR) is 88.9 cm³/mol. The summed E-state index contributed by atoms with van der Waals surface area (Å²) in [5.74, 6) is 6.95. The van der Waals surface area contributed by atoms with E-state index < -0.39 is 0 Å². The second kappa shape index (κ2) is 3.93. The summed E-state index contributed by atoms with van der Waals surface area (Å²) in [5, 5.41) is 1.70. The summed E-state index contributed by atoms with van der Waals surface area (Å²) in [6.07, 6.45) is 19.7. The van der Waals surface area contributed by atoms with Crippen molar-refractivity contribution in [2.24, 2.45) is 35.5 Å². The molecule has 8 fully saturated rings. The van der Waals surface area contributed by atoms with Crippen molar-refractivity contribution in [2.75, 3.05) is 0 Å². The smallest absolute Gasteiger partial charge is 0.0530 e. The maximum Gasteiger partial charge on any atom is 0.135 e. The molecule has 0 heterocycles. The van der Waals surface area contributed by atoms with Crippen molar-refractivity contribution in [3.8, 4) is 0 Å². The van der Waals surface area contributed by atoms with E-state index in [2.05, 4.69) is 0 Å². The average molecular weight is 282 g/mol. The third kappa shape index (κ3) is 1.81. The number of hydrogen-bond acceptors (Lipinski definition) is 0. The summed E-state index contributed by atoms with van der Waals surface area (Å²) in [6, 6.07) is 0. The Bertz CT molecular complexity index is 352. The SMILES string of the molecule is B(C12CC3CC(CC(C3)C1)C2)C12CC3CC(CC(C3)C1)C2. The first-order chi connectivity index (χ1) is 10.2. The van der Waals surface area contributed by atoms with E-state index in [0.29, 0.717) is 0 Å². The fourth-order valence-corrected chi connectivity index (χ4v) is 9.81. The van der Waals surface area contributed by atoms with Crippen molar-refractivity contribution in [1.29, 1.82) is 0 Å². The van der Waals surface area contributed by atoms with E-state index in [-0.39, 0.29) is 0 Å². The molecule has 0 saturated heterocycles. The maximum absolute atomic E-state index is 1.69. The van der Waals surface area contributed by atoms with Crippen LogP contribution in [0.4, 0.5) is 0 Å². The Labute approximate surface area is 131 Å².